The maximum atomic E-state index is 4.38. The number of nitrogens with zero attached hydrogens (tertiary/aromatic N) is 5. The van der Waals surface area contributed by atoms with Crippen molar-refractivity contribution in [3.63, 3.8) is 0 Å². The SMILES string of the molecule is C=CN(N=C)c1cccc(-n2cccn2)n1.CC.CC.CC. The van der Waals surface area contributed by atoms with E-state index in [1.54, 1.807) is 17.1 Å². The molecular weight excluding hydrogens is 274 g/mol. The normalized spacial score (nSPS) is 7.91. The Labute approximate surface area is 135 Å². The van der Waals surface area contributed by atoms with Crippen LogP contribution in [0, 0.1) is 0 Å². The number of pyridine rings is 1. The van der Waals surface area contributed by atoms with E-state index >= 15 is 0 Å². The first kappa shape index (κ1) is 21.9. The van der Waals surface area contributed by atoms with Crippen LogP contribution >= 0.6 is 0 Å². The molecule has 0 fully saturated rings. The van der Waals surface area contributed by atoms with Gasteiger partial charge in [-0.15, -0.1) is 0 Å². The second kappa shape index (κ2) is 15.0. The Hall–Kier alpha value is -2.43. The Morgan fingerprint density at radius 1 is 1.09 bits per heavy atom. The van der Waals surface area contributed by atoms with E-state index in [2.05, 4.69) is 28.5 Å². The minimum atomic E-state index is 0.651. The molecule has 0 N–H and O–H groups in total. The van der Waals surface area contributed by atoms with Crippen molar-refractivity contribution < 1.29 is 0 Å². The van der Waals surface area contributed by atoms with Gasteiger partial charge in [-0.3, -0.25) is 0 Å². The molecule has 0 atom stereocenters. The van der Waals surface area contributed by atoms with Crippen LogP contribution in [-0.4, -0.2) is 21.5 Å². The fraction of sp³-hybridized carbons (Fsp3) is 0.353. The van der Waals surface area contributed by atoms with E-state index < -0.39 is 0 Å². The molecule has 0 aromatic carbocycles. The van der Waals surface area contributed by atoms with Crippen molar-refractivity contribution in [3.8, 4) is 5.82 Å². The summed E-state index contributed by atoms with van der Waals surface area (Å²) in [5, 5.41) is 9.37. The molecule has 0 amide bonds. The van der Waals surface area contributed by atoms with E-state index in [-0.39, 0.29) is 0 Å². The molecule has 5 nitrogen and oxygen atoms in total. The fourth-order valence-corrected chi connectivity index (χ4v) is 1.30. The summed E-state index contributed by atoms with van der Waals surface area (Å²) in [6.45, 7) is 19.1. The van der Waals surface area contributed by atoms with Gasteiger partial charge in [-0.25, -0.2) is 14.7 Å². The number of hydrazone groups is 1. The monoisotopic (exact) mass is 303 g/mol. The average Bonchev–Trinajstić information content (AvgIpc) is 3.16. The average molecular weight is 303 g/mol. The van der Waals surface area contributed by atoms with Crippen LogP contribution in [0.3, 0.4) is 0 Å². The van der Waals surface area contributed by atoms with Crippen LogP contribution in [0.15, 0.2) is 54.5 Å². The number of hydrogen-bond donors (Lipinski definition) is 0. The first-order valence-electron chi connectivity index (χ1n) is 7.70. The van der Waals surface area contributed by atoms with Crippen molar-refractivity contribution in [3.05, 3.63) is 49.4 Å². The molecule has 22 heavy (non-hydrogen) atoms. The van der Waals surface area contributed by atoms with Gasteiger partial charge in [0.1, 0.15) is 0 Å². The first-order valence-corrected chi connectivity index (χ1v) is 7.70. The van der Waals surface area contributed by atoms with E-state index in [0.29, 0.717) is 5.82 Å². The van der Waals surface area contributed by atoms with Gasteiger partial charge in [0.25, 0.3) is 0 Å². The summed E-state index contributed by atoms with van der Waals surface area (Å²) >= 11 is 0. The van der Waals surface area contributed by atoms with E-state index in [1.165, 1.54) is 5.01 Å². The Morgan fingerprint density at radius 2 is 1.73 bits per heavy atom. The first-order chi connectivity index (χ1) is 10.8. The van der Waals surface area contributed by atoms with Crippen LogP contribution in [0.25, 0.3) is 5.82 Å². The molecular formula is C17H29N5. The summed E-state index contributed by atoms with van der Waals surface area (Å²) in [7, 11) is 0. The van der Waals surface area contributed by atoms with Gasteiger partial charge in [-0.05, 0) is 18.2 Å². The molecule has 0 aliphatic rings. The van der Waals surface area contributed by atoms with Crippen LogP contribution < -0.4 is 5.01 Å². The Kier molecular flexibility index (Phi) is 14.9. The van der Waals surface area contributed by atoms with Gasteiger partial charge in [0.2, 0.25) is 0 Å². The molecule has 0 aliphatic heterocycles. The van der Waals surface area contributed by atoms with Crippen molar-refractivity contribution >= 4 is 12.5 Å². The standard InChI is InChI=1S/C11H11N5.3C2H6/c1-3-15(12-2)10-6-4-7-11(14-10)16-9-5-8-13-16;3*1-2/h3-9H,1-2H2;3*1-2H3. The minimum Gasteiger partial charge on any atom is -0.224 e. The Bertz CT molecular complexity index is 484. The second-order valence-electron chi connectivity index (χ2n) is 2.97. The largest absolute Gasteiger partial charge is 0.224 e. The zero-order valence-electron chi connectivity index (χ0n) is 14.7. The van der Waals surface area contributed by atoms with Crippen LogP contribution in [0.5, 0.6) is 0 Å². The van der Waals surface area contributed by atoms with Gasteiger partial charge in [-0.1, -0.05) is 54.2 Å². The van der Waals surface area contributed by atoms with E-state index in [0.717, 1.165) is 5.82 Å². The van der Waals surface area contributed by atoms with Gasteiger partial charge in [-0.2, -0.15) is 10.2 Å². The van der Waals surface area contributed by atoms with Crippen LogP contribution in [0.2, 0.25) is 0 Å². The molecule has 122 valence electrons. The van der Waals surface area contributed by atoms with Crippen molar-refractivity contribution in [1.82, 2.24) is 14.8 Å². The Morgan fingerprint density at radius 3 is 2.18 bits per heavy atom. The summed E-state index contributed by atoms with van der Waals surface area (Å²) in [5.41, 5.74) is 0. The van der Waals surface area contributed by atoms with Gasteiger partial charge >= 0.3 is 0 Å². The van der Waals surface area contributed by atoms with E-state index in [1.807, 2.05) is 72.0 Å². The molecule has 0 bridgehead atoms. The lowest BCUT2D eigenvalue weighted by Crippen LogP contribution is -2.09. The van der Waals surface area contributed by atoms with Gasteiger partial charge in [0.05, 0.1) is 0 Å². The summed E-state index contributed by atoms with van der Waals surface area (Å²) in [4.78, 5) is 4.38. The zero-order chi connectivity index (χ0) is 17.4. The predicted molar refractivity (Wildman–Crippen MR) is 97.6 cm³/mol. The quantitative estimate of drug-likeness (QED) is 0.595. The summed E-state index contributed by atoms with van der Waals surface area (Å²) in [6, 6.07) is 7.40. The highest BCUT2D eigenvalue weighted by Crippen LogP contribution is 2.13. The summed E-state index contributed by atoms with van der Waals surface area (Å²) in [6.07, 6.45) is 5.07. The number of anilines is 1. The third-order valence-electron chi connectivity index (χ3n) is 2.02. The maximum absolute atomic E-state index is 4.38. The zero-order valence-corrected chi connectivity index (χ0v) is 14.7. The molecule has 0 saturated heterocycles. The molecule has 0 saturated carbocycles. The highest BCUT2D eigenvalue weighted by Gasteiger charge is 2.03. The van der Waals surface area contributed by atoms with Gasteiger partial charge in [0.15, 0.2) is 11.6 Å². The summed E-state index contributed by atoms with van der Waals surface area (Å²) in [5.74, 6) is 1.37. The molecule has 2 rings (SSSR count). The molecule has 0 unspecified atom stereocenters. The van der Waals surface area contributed by atoms with Crippen LogP contribution in [0.4, 0.5) is 5.82 Å². The second-order valence-corrected chi connectivity index (χ2v) is 2.97. The fourth-order valence-electron chi connectivity index (χ4n) is 1.30. The van der Waals surface area contributed by atoms with E-state index in [9.17, 15) is 0 Å². The van der Waals surface area contributed by atoms with Gasteiger partial charge < -0.3 is 0 Å². The maximum Gasteiger partial charge on any atom is 0.155 e. The molecule has 2 aromatic heterocycles. The lowest BCUT2D eigenvalue weighted by Gasteiger charge is -2.12. The van der Waals surface area contributed by atoms with E-state index in [4.69, 9.17) is 0 Å². The van der Waals surface area contributed by atoms with Crippen molar-refractivity contribution in [2.75, 3.05) is 5.01 Å². The van der Waals surface area contributed by atoms with Gasteiger partial charge in [0, 0.05) is 25.3 Å². The highest BCUT2D eigenvalue weighted by atomic mass is 15.5. The van der Waals surface area contributed by atoms with Crippen LogP contribution in [0.1, 0.15) is 41.5 Å². The Balaban J connectivity index is 0. The number of hydrogen-bond acceptors (Lipinski definition) is 4. The highest BCUT2D eigenvalue weighted by molar-refractivity contribution is 5.46. The van der Waals surface area contributed by atoms with Crippen molar-refractivity contribution in [2.45, 2.75) is 41.5 Å². The lowest BCUT2D eigenvalue weighted by atomic mass is 10.4. The van der Waals surface area contributed by atoms with Crippen molar-refractivity contribution in [2.24, 2.45) is 5.10 Å². The minimum absolute atomic E-state index is 0.651. The lowest BCUT2D eigenvalue weighted by molar-refractivity contribution is 0.842. The number of rotatable bonds is 4. The smallest absolute Gasteiger partial charge is 0.155 e. The third kappa shape index (κ3) is 6.83. The molecule has 0 aliphatic carbocycles. The number of aromatic nitrogens is 3. The molecule has 2 aromatic rings. The topological polar surface area (TPSA) is 46.3 Å². The molecule has 0 radical (unpaired) electrons. The third-order valence-corrected chi connectivity index (χ3v) is 2.02. The molecule has 5 heteroatoms. The van der Waals surface area contributed by atoms with Crippen molar-refractivity contribution in [1.29, 1.82) is 0 Å². The molecule has 0 spiro atoms. The molecule has 2 heterocycles. The van der Waals surface area contributed by atoms with Crippen LogP contribution in [-0.2, 0) is 0 Å². The predicted octanol–water partition coefficient (Wildman–Crippen LogP) is 4.91. The summed E-state index contributed by atoms with van der Waals surface area (Å²) < 4.78 is 1.67.